The smallest absolute Gasteiger partial charge is 0.254 e. The van der Waals surface area contributed by atoms with Crippen molar-refractivity contribution in [1.82, 2.24) is 15.5 Å². The second-order valence-corrected chi connectivity index (χ2v) is 9.42. The first-order chi connectivity index (χ1) is 17.5. The summed E-state index contributed by atoms with van der Waals surface area (Å²) in [5, 5.41) is 6.04. The van der Waals surface area contributed by atoms with Crippen molar-refractivity contribution in [2.24, 2.45) is 0 Å². The van der Waals surface area contributed by atoms with Crippen molar-refractivity contribution in [3.05, 3.63) is 59.2 Å². The predicted octanol–water partition coefficient (Wildman–Crippen LogP) is 2.88. The highest BCUT2D eigenvalue weighted by molar-refractivity contribution is 5.95. The zero-order valence-electron chi connectivity index (χ0n) is 21.0. The molecular weight excluding hydrogens is 458 g/mol. The van der Waals surface area contributed by atoms with Crippen molar-refractivity contribution in [3.63, 3.8) is 0 Å². The second-order valence-electron chi connectivity index (χ2n) is 9.42. The lowest BCUT2D eigenvalue weighted by molar-refractivity contribution is -0.123. The van der Waals surface area contributed by atoms with Crippen LogP contribution in [0.4, 0.5) is 0 Å². The first-order valence-electron chi connectivity index (χ1n) is 12.6. The van der Waals surface area contributed by atoms with Gasteiger partial charge in [0.05, 0.1) is 14.2 Å². The minimum absolute atomic E-state index is 0.0658. The highest BCUT2D eigenvalue weighted by atomic mass is 16.5. The molecule has 8 heteroatoms. The Morgan fingerprint density at radius 1 is 0.917 bits per heavy atom. The minimum atomic E-state index is -0.199. The standard InChI is InChI=1S/C28H35N3O5/c1-35-24-16-19-10-13-25(32)30-18-23-12-11-22(31(23)28(34)20-7-4-3-5-8-20)17-26(33)29-14-6-9-21(15-19)27(24)36-2/h3-5,7-8,15-16,22-23H,6,9-14,17-18H2,1-2H3,(H,29,33)(H,30,32)/t22-,23+/m0/s1. The van der Waals surface area contributed by atoms with Gasteiger partial charge < -0.3 is 25.0 Å². The number of methoxy groups -OCH3 is 2. The molecular formula is C28H35N3O5. The number of rotatable bonds is 3. The van der Waals surface area contributed by atoms with E-state index in [1.807, 2.05) is 29.2 Å². The second kappa shape index (κ2) is 11.9. The Kier molecular flexibility index (Phi) is 8.46. The number of nitrogens with one attached hydrogen (secondary N) is 2. The summed E-state index contributed by atoms with van der Waals surface area (Å²) >= 11 is 0. The van der Waals surface area contributed by atoms with E-state index in [-0.39, 0.29) is 36.2 Å². The summed E-state index contributed by atoms with van der Waals surface area (Å²) in [6.07, 6.45) is 4.05. The van der Waals surface area contributed by atoms with Gasteiger partial charge in [-0.05, 0) is 61.4 Å². The maximum absolute atomic E-state index is 13.4. The molecule has 2 N–H and O–H groups in total. The van der Waals surface area contributed by atoms with Gasteiger partial charge in [-0.3, -0.25) is 14.4 Å². The minimum Gasteiger partial charge on any atom is -0.493 e. The summed E-state index contributed by atoms with van der Waals surface area (Å²) in [5.41, 5.74) is 2.58. The van der Waals surface area contributed by atoms with E-state index < -0.39 is 0 Å². The first kappa shape index (κ1) is 25.5. The van der Waals surface area contributed by atoms with E-state index >= 15 is 0 Å². The van der Waals surface area contributed by atoms with Gasteiger partial charge in [0.1, 0.15) is 0 Å². The summed E-state index contributed by atoms with van der Waals surface area (Å²) in [6, 6.07) is 12.7. The number of hydrogen-bond donors (Lipinski definition) is 2. The normalized spacial score (nSPS) is 21.2. The van der Waals surface area contributed by atoms with Crippen molar-refractivity contribution < 1.29 is 23.9 Å². The van der Waals surface area contributed by atoms with Crippen LogP contribution in [-0.4, -0.2) is 62.0 Å². The van der Waals surface area contributed by atoms with E-state index in [9.17, 15) is 14.4 Å². The highest BCUT2D eigenvalue weighted by Gasteiger charge is 2.38. The van der Waals surface area contributed by atoms with E-state index in [2.05, 4.69) is 16.7 Å². The SMILES string of the molecule is COc1cc2cc(c1OC)CCCNC(=O)C[C@@H]1CC[C@H](CNC(=O)CC2)N1C(=O)c1ccccc1. The van der Waals surface area contributed by atoms with Crippen LogP contribution in [0, 0.1) is 0 Å². The molecule has 2 atom stereocenters. The van der Waals surface area contributed by atoms with Crippen molar-refractivity contribution in [2.75, 3.05) is 27.3 Å². The van der Waals surface area contributed by atoms with Crippen LogP contribution in [-0.2, 0) is 22.4 Å². The molecule has 1 fully saturated rings. The Bertz CT molecular complexity index is 1090. The molecule has 0 unspecified atom stereocenters. The highest BCUT2D eigenvalue weighted by Crippen LogP contribution is 2.34. The largest absolute Gasteiger partial charge is 0.493 e. The van der Waals surface area contributed by atoms with Crippen molar-refractivity contribution in [3.8, 4) is 11.5 Å². The summed E-state index contributed by atoms with van der Waals surface area (Å²) < 4.78 is 11.1. The Balaban J connectivity index is 1.55. The molecule has 2 aliphatic heterocycles. The first-order valence-corrected chi connectivity index (χ1v) is 12.6. The molecule has 192 valence electrons. The van der Waals surface area contributed by atoms with Gasteiger partial charge in [0.25, 0.3) is 5.91 Å². The van der Waals surface area contributed by atoms with Gasteiger partial charge in [-0.25, -0.2) is 0 Å². The number of ether oxygens (including phenoxy) is 2. The number of amides is 3. The fourth-order valence-electron chi connectivity index (χ4n) is 5.23. The summed E-state index contributed by atoms with van der Waals surface area (Å²) in [4.78, 5) is 40.8. The maximum Gasteiger partial charge on any atom is 0.254 e. The molecule has 2 aromatic rings. The topological polar surface area (TPSA) is 97.0 Å². The van der Waals surface area contributed by atoms with Crippen LogP contribution in [0.1, 0.15) is 53.6 Å². The quantitative estimate of drug-likeness (QED) is 0.686. The van der Waals surface area contributed by atoms with Crippen LogP contribution < -0.4 is 20.1 Å². The van der Waals surface area contributed by atoms with Gasteiger partial charge in [0.15, 0.2) is 11.5 Å². The van der Waals surface area contributed by atoms with Gasteiger partial charge in [-0.1, -0.05) is 24.3 Å². The van der Waals surface area contributed by atoms with Gasteiger partial charge in [-0.2, -0.15) is 0 Å². The maximum atomic E-state index is 13.4. The third-order valence-corrected chi connectivity index (χ3v) is 7.03. The van der Waals surface area contributed by atoms with Crippen molar-refractivity contribution in [2.45, 2.75) is 57.0 Å². The fourth-order valence-corrected chi connectivity index (χ4v) is 5.23. The van der Waals surface area contributed by atoms with E-state index in [1.54, 1.807) is 26.4 Å². The molecule has 0 aromatic heterocycles. The van der Waals surface area contributed by atoms with Gasteiger partial charge >= 0.3 is 0 Å². The molecule has 0 radical (unpaired) electrons. The summed E-state index contributed by atoms with van der Waals surface area (Å²) in [6.45, 7) is 0.893. The number of aryl methyl sites for hydroxylation is 2. The van der Waals surface area contributed by atoms with Crippen LogP contribution >= 0.6 is 0 Å². The summed E-state index contributed by atoms with van der Waals surface area (Å²) in [5.74, 6) is 1.09. The molecule has 2 aliphatic rings. The number of nitrogens with zero attached hydrogens (tertiary/aromatic N) is 1. The van der Waals surface area contributed by atoms with Crippen molar-refractivity contribution >= 4 is 17.7 Å². The predicted molar refractivity (Wildman–Crippen MR) is 136 cm³/mol. The Morgan fingerprint density at radius 2 is 1.69 bits per heavy atom. The third kappa shape index (κ3) is 5.98. The molecule has 4 rings (SSSR count). The van der Waals surface area contributed by atoms with Crippen LogP contribution in [0.5, 0.6) is 11.5 Å². The Morgan fingerprint density at radius 3 is 2.44 bits per heavy atom. The van der Waals surface area contributed by atoms with Gasteiger partial charge in [0.2, 0.25) is 11.8 Å². The number of carbonyl (C=O) groups is 3. The lowest BCUT2D eigenvalue weighted by atomic mass is 10.0. The molecule has 2 aromatic carbocycles. The molecule has 0 aliphatic carbocycles. The van der Waals surface area contributed by atoms with Crippen LogP contribution in [0.3, 0.4) is 0 Å². The lowest BCUT2D eigenvalue weighted by Crippen LogP contribution is -2.47. The molecule has 3 amide bonds. The lowest BCUT2D eigenvalue weighted by Gasteiger charge is -2.30. The zero-order chi connectivity index (χ0) is 25.5. The van der Waals surface area contributed by atoms with Gasteiger partial charge in [0, 0.05) is 43.6 Å². The van der Waals surface area contributed by atoms with E-state index in [0.717, 1.165) is 30.4 Å². The molecule has 1 saturated heterocycles. The number of carbonyl (C=O) groups excluding carboxylic acids is 3. The number of fused-ring (bicyclic) bond motifs is 4. The van der Waals surface area contributed by atoms with E-state index in [0.29, 0.717) is 49.4 Å². The molecule has 2 heterocycles. The van der Waals surface area contributed by atoms with Crippen LogP contribution in [0.2, 0.25) is 0 Å². The average molecular weight is 494 g/mol. The third-order valence-electron chi connectivity index (χ3n) is 7.03. The molecule has 36 heavy (non-hydrogen) atoms. The fraction of sp³-hybridized carbons (Fsp3) is 0.464. The van der Waals surface area contributed by atoms with Crippen LogP contribution in [0.25, 0.3) is 0 Å². The molecule has 4 bridgehead atoms. The van der Waals surface area contributed by atoms with Gasteiger partial charge in [-0.15, -0.1) is 0 Å². The monoisotopic (exact) mass is 493 g/mol. The average Bonchev–Trinajstić information content (AvgIpc) is 3.29. The molecule has 0 saturated carbocycles. The molecule has 8 nitrogen and oxygen atoms in total. The zero-order valence-corrected chi connectivity index (χ0v) is 21.0. The number of benzene rings is 2. The Hall–Kier alpha value is -3.55. The Labute approximate surface area is 212 Å². The summed E-state index contributed by atoms with van der Waals surface area (Å²) in [7, 11) is 3.22. The van der Waals surface area contributed by atoms with E-state index in [4.69, 9.17) is 9.47 Å². The van der Waals surface area contributed by atoms with Crippen molar-refractivity contribution in [1.29, 1.82) is 0 Å². The molecule has 0 spiro atoms. The van der Waals surface area contributed by atoms with E-state index in [1.165, 1.54) is 0 Å². The number of hydrogen-bond acceptors (Lipinski definition) is 5. The van der Waals surface area contributed by atoms with Crippen LogP contribution in [0.15, 0.2) is 42.5 Å².